The molecule has 1 saturated carbocycles. The third-order valence-electron chi connectivity index (χ3n) is 7.14. The van der Waals surface area contributed by atoms with Crippen molar-refractivity contribution in [3.05, 3.63) is 64.7 Å². The predicted molar refractivity (Wildman–Crippen MR) is 118 cm³/mol. The van der Waals surface area contributed by atoms with E-state index < -0.39 is 0 Å². The van der Waals surface area contributed by atoms with Crippen LogP contribution in [0.25, 0.3) is 0 Å². The van der Waals surface area contributed by atoms with Gasteiger partial charge in [0.1, 0.15) is 5.75 Å². The Morgan fingerprint density at radius 2 is 1.50 bits per heavy atom. The summed E-state index contributed by atoms with van der Waals surface area (Å²) in [5.41, 5.74) is 6.11. The first-order chi connectivity index (χ1) is 13.8. The largest absolute Gasteiger partial charge is 0.494 e. The number of rotatable bonds is 6. The summed E-state index contributed by atoms with van der Waals surface area (Å²) in [5.74, 6) is 3.48. The van der Waals surface area contributed by atoms with Crippen molar-refractivity contribution in [2.75, 3.05) is 6.61 Å². The van der Waals surface area contributed by atoms with Crippen molar-refractivity contribution in [2.24, 2.45) is 5.92 Å². The van der Waals surface area contributed by atoms with E-state index in [0.29, 0.717) is 5.92 Å². The van der Waals surface area contributed by atoms with Gasteiger partial charge in [-0.2, -0.15) is 0 Å². The molecule has 0 bridgehead atoms. The standard InChI is InChI=1S/C27H36O/c1-3-5-20-6-8-21(9-7-20)22-10-12-23(13-11-22)24-14-15-26-19-27(28-4-2)17-16-25(26)18-24/h10-13,16-17,19-21,24H,3-9,14-15,18H2,1-2H3. The number of fused-ring (bicyclic) bond motifs is 1. The molecule has 0 N–H and O–H groups in total. The van der Waals surface area contributed by atoms with Gasteiger partial charge in [0.05, 0.1) is 6.61 Å². The molecule has 0 aliphatic heterocycles. The molecule has 1 fully saturated rings. The van der Waals surface area contributed by atoms with E-state index in [1.807, 2.05) is 0 Å². The molecule has 0 saturated heterocycles. The van der Waals surface area contributed by atoms with Crippen LogP contribution < -0.4 is 4.74 Å². The van der Waals surface area contributed by atoms with Crippen molar-refractivity contribution in [3.8, 4) is 5.75 Å². The zero-order chi connectivity index (χ0) is 19.3. The fourth-order valence-electron chi connectivity index (χ4n) is 5.51. The first kappa shape index (κ1) is 19.6. The van der Waals surface area contributed by atoms with Gasteiger partial charge in [-0.15, -0.1) is 0 Å². The smallest absolute Gasteiger partial charge is 0.119 e. The minimum atomic E-state index is 0.666. The molecule has 0 heterocycles. The van der Waals surface area contributed by atoms with Gasteiger partial charge in [0.25, 0.3) is 0 Å². The van der Waals surface area contributed by atoms with Crippen molar-refractivity contribution in [1.29, 1.82) is 0 Å². The second-order valence-electron chi connectivity index (χ2n) is 8.98. The molecule has 0 aromatic heterocycles. The Hall–Kier alpha value is -1.76. The maximum Gasteiger partial charge on any atom is 0.119 e. The zero-order valence-corrected chi connectivity index (χ0v) is 17.8. The molecule has 1 nitrogen and oxygen atoms in total. The Bertz CT molecular complexity index is 752. The normalized spacial score (nSPS) is 24.6. The minimum absolute atomic E-state index is 0.666. The SMILES string of the molecule is CCCC1CCC(c2ccc(C3CCc4cc(OCC)ccc4C3)cc2)CC1. The fraction of sp³-hybridized carbons (Fsp3) is 0.556. The number of hydrogen-bond acceptors (Lipinski definition) is 1. The van der Waals surface area contributed by atoms with E-state index in [1.54, 1.807) is 5.56 Å². The van der Waals surface area contributed by atoms with Crippen molar-refractivity contribution in [2.45, 2.75) is 83.5 Å². The molecule has 1 atom stereocenters. The maximum atomic E-state index is 5.67. The third-order valence-corrected chi connectivity index (χ3v) is 7.14. The van der Waals surface area contributed by atoms with Gasteiger partial charge in [-0.05, 0) is 104 Å². The number of ether oxygens (including phenoxy) is 1. The highest BCUT2D eigenvalue weighted by Gasteiger charge is 2.23. The minimum Gasteiger partial charge on any atom is -0.494 e. The molecule has 4 rings (SSSR count). The van der Waals surface area contributed by atoms with Crippen LogP contribution in [0.1, 0.15) is 92.9 Å². The summed E-state index contributed by atoms with van der Waals surface area (Å²) in [6.07, 6.45) is 12.0. The molecule has 2 aliphatic carbocycles. The zero-order valence-electron chi connectivity index (χ0n) is 17.8. The molecule has 0 radical (unpaired) electrons. The summed E-state index contributed by atoms with van der Waals surface area (Å²) in [6.45, 7) is 5.12. The molecule has 28 heavy (non-hydrogen) atoms. The van der Waals surface area contributed by atoms with E-state index in [4.69, 9.17) is 4.74 Å². The van der Waals surface area contributed by atoms with E-state index in [2.05, 4.69) is 56.3 Å². The van der Waals surface area contributed by atoms with E-state index in [1.165, 1.54) is 74.5 Å². The van der Waals surface area contributed by atoms with Gasteiger partial charge in [-0.3, -0.25) is 0 Å². The molecule has 2 aromatic carbocycles. The summed E-state index contributed by atoms with van der Waals surface area (Å²) in [7, 11) is 0. The van der Waals surface area contributed by atoms with Crippen LogP contribution in [0, 0.1) is 5.92 Å². The molecule has 2 aromatic rings. The third kappa shape index (κ3) is 4.45. The molecule has 0 amide bonds. The Balaban J connectivity index is 1.38. The van der Waals surface area contributed by atoms with Crippen LogP contribution in [-0.2, 0) is 12.8 Å². The van der Waals surface area contributed by atoms with E-state index >= 15 is 0 Å². The molecule has 2 aliphatic rings. The van der Waals surface area contributed by atoms with Crippen LogP contribution in [-0.4, -0.2) is 6.61 Å². The van der Waals surface area contributed by atoms with Crippen molar-refractivity contribution < 1.29 is 4.74 Å². The summed E-state index contributed by atoms with van der Waals surface area (Å²) in [6, 6.07) is 16.4. The van der Waals surface area contributed by atoms with Gasteiger partial charge in [0.2, 0.25) is 0 Å². The highest BCUT2D eigenvalue weighted by atomic mass is 16.5. The van der Waals surface area contributed by atoms with Crippen molar-refractivity contribution in [1.82, 2.24) is 0 Å². The number of hydrogen-bond donors (Lipinski definition) is 0. The number of aryl methyl sites for hydroxylation is 1. The van der Waals surface area contributed by atoms with Crippen LogP contribution in [0.15, 0.2) is 42.5 Å². The highest BCUT2D eigenvalue weighted by Crippen LogP contribution is 2.39. The van der Waals surface area contributed by atoms with Crippen LogP contribution in [0.4, 0.5) is 0 Å². The molecule has 150 valence electrons. The van der Waals surface area contributed by atoms with Crippen LogP contribution >= 0.6 is 0 Å². The molecular formula is C27H36O. The summed E-state index contributed by atoms with van der Waals surface area (Å²) >= 11 is 0. The fourth-order valence-corrected chi connectivity index (χ4v) is 5.51. The average Bonchev–Trinajstić information content (AvgIpc) is 2.75. The number of benzene rings is 2. The Morgan fingerprint density at radius 1 is 0.786 bits per heavy atom. The quantitative estimate of drug-likeness (QED) is 0.509. The lowest BCUT2D eigenvalue weighted by Gasteiger charge is -2.29. The van der Waals surface area contributed by atoms with Crippen LogP contribution in [0.5, 0.6) is 5.75 Å². The lowest BCUT2D eigenvalue weighted by Crippen LogP contribution is -2.14. The van der Waals surface area contributed by atoms with Gasteiger partial charge < -0.3 is 4.74 Å². The predicted octanol–water partition coefficient (Wildman–Crippen LogP) is 7.43. The highest BCUT2D eigenvalue weighted by molar-refractivity contribution is 5.40. The van der Waals surface area contributed by atoms with Crippen LogP contribution in [0.2, 0.25) is 0 Å². The monoisotopic (exact) mass is 376 g/mol. The van der Waals surface area contributed by atoms with Crippen molar-refractivity contribution >= 4 is 0 Å². The second-order valence-corrected chi connectivity index (χ2v) is 8.98. The Labute approximate surface area is 171 Å². The summed E-state index contributed by atoms with van der Waals surface area (Å²) in [5, 5.41) is 0. The second kappa shape index (κ2) is 9.16. The maximum absolute atomic E-state index is 5.67. The van der Waals surface area contributed by atoms with Gasteiger partial charge in [-0.25, -0.2) is 0 Å². The van der Waals surface area contributed by atoms with Gasteiger partial charge in [0, 0.05) is 0 Å². The van der Waals surface area contributed by atoms with Gasteiger partial charge >= 0.3 is 0 Å². The van der Waals surface area contributed by atoms with Gasteiger partial charge in [-0.1, -0.05) is 50.1 Å². The molecule has 1 unspecified atom stereocenters. The molecule has 1 heteroatoms. The van der Waals surface area contributed by atoms with E-state index in [9.17, 15) is 0 Å². The average molecular weight is 377 g/mol. The van der Waals surface area contributed by atoms with Crippen molar-refractivity contribution in [3.63, 3.8) is 0 Å². The topological polar surface area (TPSA) is 9.23 Å². The van der Waals surface area contributed by atoms with Gasteiger partial charge in [0.15, 0.2) is 0 Å². The Morgan fingerprint density at radius 3 is 2.18 bits per heavy atom. The van der Waals surface area contributed by atoms with E-state index in [-0.39, 0.29) is 0 Å². The van der Waals surface area contributed by atoms with Crippen LogP contribution in [0.3, 0.4) is 0 Å². The molecule has 0 spiro atoms. The molecular weight excluding hydrogens is 340 g/mol. The lowest BCUT2D eigenvalue weighted by atomic mass is 9.76. The summed E-state index contributed by atoms with van der Waals surface area (Å²) < 4.78 is 5.67. The lowest BCUT2D eigenvalue weighted by molar-refractivity contribution is 0.308. The first-order valence-corrected chi connectivity index (χ1v) is 11.6. The summed E-state index contributed by atoms with van der Waals surface area (Å²) in [4.78, 5) is 0. The Kier molecular flexibility index (Phi) is 6.40. The first-order valence-electron chi connectivity index (χ1n) is 11.6. The van der Waals surface area contributed by atoms with E-state index in [0.717, 1.165) is 24.2 Å².